The van der Waals surface area contributed by atoms with Crippen molar-refractivity contribution in [2.75, 3.05) is 6.61 Å². The second-order valence-corrected chi connectivity index (χ2v) is 5.59. The van der Waals surface area contributed by atoms with Gasteiger partial charge in [0.25, 0.3) is 0 Å². The Morgan fingerprint density at radius 2 is 1.81 bits per heavy atom. The van der Waals surface area contributed by atoms with Crippen LogP contribution in [-0.4, -0.2) is 12.8 Å². The van der Waals surface area contributed by atoms with E-state index < -0.39 is 0 Å². The standard InChI is InChI=1S/C17H17Cl2NO/c1-3-8-21-17-7-6-14(18)9-13(17)11-20-16-10-15(19)5-4-12(16)2/h4-7,9-11H,3,8H2,1-2H3. The van der Waals surface area contributed by atoms with Crippen LogP contribution in [0, 0.1) is 6.92 Å². The summed E-state index contributed by atoms with van der Waals surface area (Å²) in [5.41, 5.74) is 2.76. The summed E-state index contributed by atoms with van der Waals surface area (Å²) in [6.45, 7) is 4.73. The van der Waals surface area contributed by atoms with Crippen LogP contribution in [0.25, 0.3) is 0 Å². The predicted octanol–water partition coefficient (Wildman–Crippen LogP) is 5.84. The van der Waals surface area contributed by atoms with Gasteiger partial charge in [-0.05, 0) is 49.2 Å². The van der Waals surface area contributed by atoms with Gasteiger partial charge in [0.15, 0.2) is 0 Å². The van der Waals surface area contributed by atoms with E-state index in [4.69, 9.17) is 27.9 Å². The highest BCUT2D eigenvalue weighted by Gasteiger charge is 2.03. The topological polar surface area (TPSA) is 21.6 Å². The molecule has 0 unspecified atom stereocenters. The fraction of sp³-hybridized carbons (Fsp3) is 0.235. The highest BCUT2D eigenvalue weighted by Crippen LogP contribution is 2.25. The highest BCUT2D eigenvalue weighted by atomic mass is 35.5. The summed E-state index contributed by atoms with van der Waals surface area (Å²) in [6, 6.07) is 11.2. The molecule has 4 heteroatoms. The number of ether oxygens (including phenoxy) is 1. The Hall–Kier alpha value is -1.51. The summed E-state index contributed by atoms with van der Waals surface area (Å²) in [6.07, 6.45) is 2.71. The molecule has 2 nitrogen and oxygen atoms in total. The Labute approximate surface area is 135 Å². The summed E-state index contributed by atoms with van der Waals surface area (Å²) >= 11 is 12.1. The van der Waals surface area contributed by atoms with E-state index in [0.29, 0.717) is 16.7 Å². The molecule has 0 amide bonds. The number of aliphatic imine (C=N–C) groups is 1. The van der Waals surface area contributed by atoms with Crippen LogP contribution in [0.4, 0.5) is 5.69 Å². The van der Waals surface area contributed by atoms with Gasteiger partial charge < -0.3 is 4.74 Å². The van der Waals surface area contributed by atoms with Crippen molar-refractivity contribution in [1.29, 1.82) is 0 Å². The van der Waals surface area contributed by atoms with Crippen LogP contribution < -0.4 is 4.74 Å². The van der Waals surface area contributed by atoms with Crippen LogP contribution in [-0.2, 0) is 0 Å². The SMILES string of the molecule is CCCOc1ccc(Cl)cc1C=Nc1cc(Cl)ccc1C. The molecule has 2 aromatic rings. The average Bonchev–Trinajstić information content (AvgIpc) is 2.47. The van der Waals surface area contributed by atoms with Crippen LogP contribution in [0.3, 0.4) is 0 Å². The number of benzene rings is 2. The zero-order valence-corrected chi connectivity index (χ0v) is 13.6. The van der Waals surface area contributed by atoms with Crippen molar-refractivity contribution < 1.29 is 4.74 Å². The Bertz CT molecular complexity index is 653. The van der Waals surface area contributed by atoms with Crippen molar-refractivity contribution in [2.24, 2.45) is 4.99 Å². The van der Waals surface area contributed by atoms with Gasteiger partial charge in [-0.2, -0.15) is 0 Å². The van der Waals surface area contributed by atoms with Crippen molar-refractivity contribution in [3.8, 4) is 5.75 Å². The third kappa shape index (κ3) is 4.48. The molecule has 21 heavy (non-hydrogen) atoms. The van der Waals surface area contributed by atoms with Crippen molar-refractivity contribution >= 4 is 35.1 Å². The summed E-state index contributed by atoms with van der Waals surface area (Å²) < 4.78 is 5.71. The number of nitrogens with zero attached hydrogens (tertiary/aromatic N) is 1. The van der Waals surface area contributed by atoms with Gasteiger partial charge in [-0.1, -0.05) is 36.2 Å². The Balaban J connectivity index is 2.31. The molecule has 0 spiro atoms. The lowest BCUT2D eigenvalue weighted by Crippen LogP contribution is -1.98. The molecule has 0 N–H and O–H groups in total. The minimum atomic E-state index is 0.656. The zero-order valence-electron chi connectivity index (χ0n) is 12.1. The molecule has 0 saturated heterocycles. The minimum absolute atomic E-state index is 0.656. The number of halogens is 2. The van der Waals surface area contributed by atoms with Crippen molar-refractivity contribution in [2.45, 2.75) is 20.3 Å². The van der Waals surface area contributed by atoms with Gasteiger partial charge >= 0.3 is 0 Å². The van der Waals surface area contributed by atoms with Gasteiger partial charge in [-0.15, -0.1) is 0 Å². The van der Waals surface area contributed by atoms with Gasteiger partial charge in [-0.3, -0.25) is 4.99 Å². The fourth-order valence-electron chi connectivity index (χ4n) is 1.82. The lowest BCUT2D eigenvalue weighted by molar-refractivity contribution is 0.317. The number of aryl methyl sites for hydroxylation is 1. The summed E-state index contributed by atoms with van der Waals surface area (Å²) in [7, 11) is 0. The summed E-state index contributed by atoms with van der Waals surface area (Å²) in [4.78, 5) is 4.50. The van der Waals surface area contributed by atoms with E-state index in [1.807, 2.05) is 43.3 Å². The van der Waals surface area contributed by atoms with Gasteiger partial charge in [0, 0.05) is 21.8 Å². The third-order valence-corrected chi connectivity index (χ3v) is 3.42. The van der Waals surface area contributed by atoms with Gasteiger partial charge in [-0.25, -0.2) is 0 Å². The summed E-state index contributed by atoms with van der Waals surface area (Å²) in [5, 5.41) is 1.32. The predicted molar refractivity (Wildman–Crippen MR) is 90.7 cm³/mol. The maximum atomic E-state index is 6.05. The van der Waals surface area contributed by atoms with Crippen LogP contribution in [0.15, 0.2) is 41.4 Å². The first kappa shape index (κ1) is 15.9. The first-order chi connectivity index (χ1) is 10.1. The third-order valence-electron chi connectivity index (χ3n) is 2.95. The van der Waals surface area contributed by atoms with Gasteiger partial charge in [0.1, 0.15) is 5.75 Å². The fourth-order valence-corrected chi connectivity index (χ4v) is 2.17. The van der Waals surface area contributed by atoms with Gasteiger partial charge in [0.2, 0.25) is 0 Å². The largest absolute Gasteiger partial charge is 0.493 e. The highest BCUT2D eigenvalue weighted by molar-refractivity contribution is 6.31. The molecule has 0 fully saturated rings. The molecule has 110 valence electrons. The van der Waals surface area contributed by atoms with E-state index in [-0.39, 0.29) is 0 Å². The monoisotopic (exact) mass is 321 g/mol. The van der Waals surface area contributed by atoms with E-state index in [9.17, 15) is 0 Å². The summed E-state index contributed by atoms with van der Waals surface area (Å²) in [5.74, 6) is 0.782. The molecule has 0 atom stereocenters. The molecule has 0 radical (unpaired) electrons. The molecule has 2 rings (SSSR count). The molecule has 0 bridgehead atoms. The maximum Gasteiger partial charge on any atom is 0.128 e. The Morgan fingerprint density at radius 1 is 1.10 bits per heavy atom. The quantitative estimate of drug-likeness (QED) is 0.634. The molecule has 0 aliphatic rings. The van der Waals surface area contributed by atoms with E-state index in [0.717, 1.165) is 29.0 Å². The smallest absolute Gasteiger partial charge is 0.128 e. The molecule has 0 aromatic heterocycles. The van der Waals surface area contributed by atoms with Crippen LogP contribution >= 0.6 is 23.2 Å². The van der Waals surface area contributed by atoms with Crippen molar-refractivity contribution in [3.05, 3.63) is 57.6 Å². The number of hydrogen-bond acceptors (Lipinski definition) is 2. The second kappa shape index (κ2) is 7.48. The van der Waals surface area contributed by atoms with E-state index in [1.165, 1.54) is 0 Å². The molecular weight excluding hydrogens is 305 g/mol. The van der Waals surface area contributed by atoms with Crippen LogP contribution in [0.5, 0.6) is 5.75 Å². The molecule has 0 aliphatic heterocycles. The van der Waals surface area contributed by atoms with Crippen molar-refractivity contribution in [1.82, 2.24) is 0 Å². The molecule has 0 aliphatic carbocycles. The van der Waals surface area contributed by atoms with Gasteiger partial charge in [0.05, 0.1) is 12.3 Å². The number of hydrogen-bond donors (Lipinski definition) is 0. The zero-order chi connectivity index (χ0) is 15.2. The van der Waals surface area contributed by atoms with Crippen LogP contribution in [0.2, 0.25) is 10.0 Å². The van der Waals surface area contributed by atoms with E-state index >= 15 is 0 Å². The average molecular weight is 322 g/mol. The maximum absolute atomic E-state index is 6.05. The second-order valence-electron chi connectivity index (χ2n) is 4.72. The van der Waals surface area contributed by atoms with E-state index in [2.05, 4.69) is 11.9 Å². The number of rotatable bonds is 5. The normalized spacial score (nSPS) is 11.0. The lowest BCUT2D eigenvalue weighted by Gasteiger charge is -2.08. The Kier molecular flexibility index (Phi) is 5.66. The molecule has 2 aromatic carbocycles. The first-order valence-electron chi connectivity index (χ1n) is 6.82. The van der Waals surface area contributed by atoms with Crippen molar-refractivity contribution in [3.63, 3.8) is 0 Å². The Morgan fingerprint density at radius 3 is 2.57 bits per heavy atom. The first-order valence-corrected chi connectivity index (χ1v) is 7.58. The molecule has 0 saturated carbocycles. The molecule has 0 heterocycles. The van der Waals surface area contributed by atoms with E-state index in [1.54, 1.807) is 6.21 Å². The minimum Gasteiger partial charge on any atom is -0.493 e. The lowest BCUT2D eigenvalue weighted by atomic mass is 10.2. The van der Waals surface area contributed by atoms with Crippen LogP contribution in [0.1, 0.15) is 24.5 Å². The molecular formula is C17H17Cl2NO.